The topological polar surface area (TPSA) is 49.7 Å². The molecule has 0 radical (unpaired) electrons. The van der Waals surface area contributed by atoms with E-state index in [0.29, 0.717) is 0 Å². The summed E-state index contributed by atoms with van der Waals surface area (Å²) < 4.78 is 4.51. The summed E-state index contributed by atoms with van der Waals surface area (Å²) in [7, 11) is -2.00. The van der Waals surface area contributed by atoms with Gasteiger partial charge in [0, 0.05) is 6.07 Å². The van der Waals surface area contributed by atoms with Crippen LogP contribution in [0.4, 0.5) is 0 Å². The van der Waals surface area contributed by atoms with E-state index in [2.05, 4.69) is 4.65 Å². The maximum atomic E-state index is 8.54. The van der Waals surface area contributed by atoms with Gasteiger partial charge < -0.3 is 16.1 Å². The minimum Gasteiger partial charge on any atom is -1.00 e. The molecule has 1 aromatic rings. The first kappa shape index (κ1) is 16.8. The molecule has 2 N–H and O–H groups in total. The standard InChI is InChI=1S/C6H3BCl4O3.K.H/c8-2-1-3(14-7(12)13)5(10)6(11)4(2)9;;/h1,12-13H;;/q;+1;-1. The fourth-order valence-electron chi connectivity index (χ4n) is 0.750. The van der Waals surface area contributed by atoms with Gasteiger partial charge in [0.05, 0.1) is 15.1 Å². The van der Waals surface area contributed by atoms with Gasteiger partial charge in [-0.3, -0.25) is 0 Å². The van der Waals surface area contributed by atoms with Crippen molar-refractivity contribution in [3.63, 3.8) is 0 Å². The zero-order chi connectivity index (χ0) is 10.9. The molecule has 0 aromatic heterocycles. The molecule has 0 aliphatic carbocycles. The summed E-state index contributed by atoms with van der Waals surface area (Å²) in [6.07, 6.45) is 0. The Morgan fingerprint density at radius 2 is 1.60 bits per heavy atom. The summed E-state index contributed by atoms with van der Waals surface area (Å²) in [6.45, 7) is 0. The summed E-state index contributed by atoms with van der Waals surface area (Å²) in [6, 6.07) is 1.23. The zero-order valence-corrected chi connectivity index (χ0v) is 13.6. The molecule has 0 bridgehead atoms. The van der Waals surface area contributed by atoms with Gasteiger partial charge in [-0.1, -0.05) is 46.4 Å². The smallest absolute Gasteiger partial charge is 1.00 e. The Hall–Kier alpha value is 1.80. The third-order valence-corrected chi connectivity index (χ3v) is 3.04. The molecule has 1 aromatic carbocycles. The van der Waals surface area contributed by atoms with Crippen molar-refractivity contribution in [2.75, 3.05) is 0 Å². The van der Waals surface area contributed by atoms with Crippen LogP contribution in [0.1, 0.15) is 1.43 Å². The van der Waals surface area contributed by atoms with Gasteiger partial charge >= 0.3 is 58.7 Å². The molecule has 0 amide bonds. The number of hydrogen-bond acceptors (Lipinski definition) is 3. The Morgan fingerprint density at radius 1 is 1.07 bits per heavy atom. The molecule has 9 heteroatoms. The van der Waals surface area contributed by atoms with Crippen LogP contribution in [0, 0.1) is 0 Å². The maximum Gasteiger partial charge on any atom is 1.00 e. The van der Waals surface area contributed by atoms with Crippen LogP contribution in [0.3, 0.4) is 0 Å². The third-order valence-electron chi connectivity index (χ3n) is 1.30. The molecule has 0 aliphatic rings. The van der Waals surface area contributed by atoms with Crippen molar-refractivity contribution in [2.45, 2.75) is 0 Å². The SMILES string of the molecule is OB(O)Oc1cc(Cl)c(Cl)c(Cl)c1Cl.[H-].[K+]. The summed E-state index contributed by atoms with van der Waals surface area (Å²) in [5.41, 5.74) is 0. The molecule has 0 saturated carbocycles. The van der Waals surface area contributed by atoms with Crippen molar-refractivity contribution in [3.05, 3.63) is 26.2 Å². The normalized spacial score (nSPS) is 9.47. The average Bonchev–Trinajstić information content (AvgIpc) is 2.10. The predicted octanol–water partition coefficient (Wildman–Crippen LogP) is -0.235. The first-order chi connectivity index (χ1) is 6.43. The molecule has 0 saturated heterocycles. The van der Waals surface area contributed by atoms with Crippen LogP contribution in [0.5, 0.6) is 5.75 Å². The number of hydrogen-bond donors (Lipinski definition) is 2. The van der Waals surface area contributed by atoms with Crippen LogP contribution in [-0.2, 0) is 0 Å². The van der Waals surface area contributed by atoms with E-state index in [1.54, 1.807) is 0 Å². The molecule has 0 atom stereocenters. The van der Waals surface area contributed by atoms with Crippen molar-refractivity contribution in [2.24, 2.45) is 0 Å². The van der Waals surface area contributed by atoms with Gasteiger partial charge in [-0.2, -0.15) is 0 Å². The Morgan fingerprint density at radius 3 is 2.07 bits per heavy atom. The predicted molar refractivity (Wildman–Crippen MR) is 58.4 cm³/mol. The van der Waals surface area contributed by atoms with Crippen molar-refractivity contribution in [1.82, 2.24) is 0 Å². The third kappa shape index (κ3) is 4.52. The van der Waals surface area contributed by atoms with E-state index >= 15 is 0 Å². The molecule has 3 nitrogen and oxygen atoms in total. The Labute approximate surface area is 151 Å². The fourth-order valence-corrected chi connectivity index (χ4v) is 1.58. The zero-order valence-electron chi connectivity index (χ0n) is 8.47. The van der Waals surface area contributed by atoms with Gasteiger partial charge in [0.15, 0.2) is 0 Å². The monoisotopic (exact) mass is 314 g/mol. The second-order valence-corrected chi connectivity index (χ2v) is 3.78. The molecule has 1 rings (SSSR count). The summed E-state index contributed by atoms with van der Waals surface area (Å²) in [5.74, 6) is -0.0546. The van der Waals surface area contributed by atoms with E-state index < -0.39 is 7.32 Å². The van der Waals surface area contributed by atoms with E-state index in [-0.39, 0.29) is 78.7 Å². The van der Waals surface area contributed by atoms with Crippen molar-refractivity contribution >= 4 is 53.7 Å². The molecule has 0 aliphatic heterocycles. The van der Waals surface area contributed by atoms with Crippen LogP contribution in [-0.4, -0.2) is 17.4 Å². The summed E-state index contributed by atoms with van der Waals surface area (Å²) in [5, 5.41) is 17.2. The number of benzene rings is 1. The molecule has 78 valence electrons. The molecule has 0 unspecified atom stereocenters. The first-order valence-corrected chi connectivity index (χ1v) is 4.80. The minimum atomic E-state index is -2.00. The van der Waals surface area contributed by atoms with E-state index in [0.717, 1.165) is 0 Å². The molecular formula is C6H4BCl4KO3. The van der Waals surface area contributed by atoms with Crippen molar-refractivity contribution in [1.29, 1.82) is 0 Å². The van der Waals surface area contributed by atoms with Crippen molar-refractivity contribution in [3.8, 4) is 5.75 Å². The number of rotatable bonds is 2. The van der Waals surface area contributed by atoms with Crippen molar-refractivity contribution < 1.29 is 67.5 Å². The van der Waals surface area contributed by atoms with Gasteiger partial charge in [-0.15, -0.1) is 0 Å². The molecule has 0 fully saturated rings. The molecule has 15 heavy (non-hydrogen) atoms. The van der Waals surface area contributed by atoms with Gasteiger partial charge in [-0.05, 0) is 0 Å². The van der Waals surface area contributed by atoms with E-state index in [9.17, 15) is 0 Å². The van der Waals surface area contributed by atoms with Gasteiger partial charge in [0.25, 0.3) is 0 Å². The Kier molecular flexibility index (Phi) is 8.16. The van der Waals surface area contributed by atoms with Gasteiger partial charge in [-0.25, -0.2) is 0 Å². The Balaban J connectivity index is 0. The first-order valence-electron chi connectivity index (χ1n) is 3.29. The molecule has 0 spiro atoms. The largest absolute Gasteiger partial charge is 1.00 e. The van der Waals surface area contributed by atoms with E-state index in [4.69, 9.17) is 56.5 Å². The van der Waals surface area contributed by atoms with E-state index in [1.165, 1.54) is 6.07 Å². The minimum absolute atomic E-state index is 0. The quantitative estimate of drug-likeness (QED) is 0.450. The second kappa shape index (κ2) is 7.28. The second-order valence-electron chi connectivity index (χ2n) is 2.24. The average molecular weight is 316 g/mol. The van der Waals surface area contributed by atoms with Crippen LogP contribution in [0.2, 0.25) is 20.1 Å². The fraction of sp³-hybridized carbons (Fsp3) is 0. The van der Waals surface area contributed by atoms with E-state index in [1.807, 2.05) is 0 Å². The Bertz CT molecular complexity index is 368. The maximum absolute atomic E-state index is 8.54. The van der Waals surface area contributed by atoms with Gasteiger partial charge in [0.1, 0.15) is 10.8 Å². The molecule has 0 heterocycles. The summed E-state index contributed by atoms with van der Waals surface area (Å²) >= 11 is 22.7. The van der Waals surface area contributed by atoms with Crippen LogP contribution >= 0.6 is 46.4 Å². The molecular weight excluding hydrogens is 312 g/mol. The number of halogens is 4. The van der Waals surface area contributed by atoms with Gasteiger partial charge in [0.2, 0.25) is 0 Å². The van der Waals surface area contributed by atoms with Crippen LogP contribution < -0.4 is 56.0 Å². The summed E-state index contributed by atoms with van der Waals surface area (Å²) in [4.78, 5) is 0. The van der Waals surface area contributed by atoms with Crippen LogP contribution in [0.25, 0.3) is 0 Å². The van der Waals surface area contributed by atoms with Crippen LogP contribution in [0.15, 0.2) is 6.07 Å².